The quantitative estimate of drug-likeness (QED) is 0.415. The van der Waals surface area contributed by atoms with Crippen LogP contribution in [0.15, 0.2) is 35.3 Å². The molecule has 1 aliphatic heterocycles. The van der Waals surface area contributed by atoms with Gasteiger partial charge in [-0.15, -0.1) is 0 Å². The molecule has 0 saturated carbocycles. The van der Waals surface area contributed by atoms with E-state index >= 15 is 8.78 Å². The standard InChI is InChI=1S/C22H17F4N3O5/c23-11-1-2-17(15(24)5-11)29-9-14(22(32)33)21(31)13-6-16(25)20(18(26)19(13)29)28-3-4-34-12(8-28)7-27-10-30/h1-2,5-6,9-10,12H,3-4,7-8H2,(H,27,30)(H,32,33). The molecule has 0 aliphatic carbocycles. The molecule has 1 aromatic heterocycles. The van der Waals surface area contributed by atoms with Gasteiger partial charge < -0.3 is 24.6 Å². The number of benzene rings is 2. The summed E-state index contributed by atoms with van der Waals surface area (Å²) < 4.78 is 65.2. The van der Waals surface area contributed by atoms with E-state index in [0.29, 0.717) is 24.7 Å². The number of hydrogen-bond acceptors (Lipinski definition) is 5. The fourth-order valence-electron chi connectivity index (χ4n) is 3.94. The number of aromatic carboxylic acids is 1. The van der Waals surface area contributed by atoms with Gasteiger partial charge in [0.1, 0.15) is 28.7 Å². The van der Waals surface area contributed by atoms with Gasteiger partial charge >= 0.3 is 5.97 Å². The number of anilines is 1. The van der Waals surface area contributed by atoms with Gasteiger partial charge in [0, 0.05) is 31.9 Å². The molecule has 8 nitrogen and oxygen atoms in total. The minimum atomic E-state index is -1.69. The molecule has 2 N–H and O–H groups in total. The molecule has 2 aromatic carbocycles. The molecule has 0 bridgehead atoms. The first-order valence-corrected chi connectivity index (χ1v) is 10.0. The van der Waals surface area contributed by atoms with E-state index in [1.165, 1.54) is 4.90 Å². The number of hydrogen-bond donors (Lipinski definition) is 2. The van der Waals surface area contributed by atoms with Crippen LogP contribution in [-0.4, -0.2) is 54.4 Å². The predicted octanol–water partition coefficient (Wildman–Crippen LogP) is 2.20. The first-order chi connectivity index (χ1) is 16.2. The fourth-order valence-corrected chi connectivity index (χ4v) is 3.94. The van der Waals surface area contributed by atoms with Crippen LogP contribution in [0.2, 0.25) is 0 Å². The number of aromatic nitrogens is 1. The summed E-state index contributed by atoms with van der Waals surface area (Å²) >= 11 is 0. The molecule has 12 heteroatoms. The van der Waals surface area contributed by atoms with Crippen LogP contribution in [0.1, 0.15) is 10.4 Å². The number of carboxylic acids is 1. The number of nitrogens with one attached hydrogen (secondary N) is 1. The number of carbonyl (C=O) groups is 2. The zero-order valence-electron chi connectivity index (χ0n) is 17.4. The molecule has 4 rings (SSSR count). The van der Waals surface area contributed by atoms with E-state index in [1.807, 2.05) is 0 Å². The van der Waals surface area contributed by atoms with Crippen molar-refractivity contribution >= 4 is 29.0 Å². The highest BCUT2D eigenvalue weighted by molar-refractivity contribution is 5.94. The van der Waals surface area contributed by atoms with Gasteiger partial charge in [0.25, 0.3) is 0 Å². The van der Waals surface area contributed by atoms with Crippen molar-refractivity contribution < 1.29 is 37.0 Å². The smallest absolute Gasteiger partial charge is 0.341 e. The molecule has 3 aromatic rings. The van der Waals surface area contributed by atoms with Gasteiger partial charge in [0.2, 0.25) is 11.8 Å². The van der Waals surface area contributed by atoms with Crippen LogP contribution in [0.3, 0.4) is 0 Å². The van der Waals surface area contributed by atoms with Crippen molar-refractivity contribution in [2.24, 2.45) is 0 Å². The Morgan fingerprint density at radius 1 is 1.21 bits per heavy atom. The van der Waals surface area contributed by atoms with Crippen LogP contribution in [0.5, 0.6) is 0 Å². The van der Waals surface area contributed by atoms with Gasteiger partial charge in [0.05, 0.1) is 29.3 Å². The average molecular weight is 479 g/mol. The molecule has 34 heavy (non-hydrogen) atoms. The first kappa shape index (κ1) is 23.2. The number of halogens is 4. The summed E-state index contributed by atoms with van der Waals surface area (Å²) in [5, 5.41) is 11.2. The van der Waals surface area contributed by atoms with Gasteiger partial charge in [-0.05, 0) is 18.2 Å². The Labute approximate surface area is 189 Å². The molecule has 0 radical (unpaired) electrons. The van der Waals surface area contributed by atoms with Gasteiger partial charge in [0.15, 0.2) is 5.82 Å². The van der Waals surface area contributed by atoms with Gasteiger partial charge in [-0.1, -0.05) is 0 Å². The Hall–Kier alpha value is -3.93. The summed E-state index contributed by atoms with van der Waals surface area (Å²) in [5.74, 6) is -6.15. The monoisotopic (exact) mass is 479 g/mol. The normalized spacial score (nSPS) is 16.0. The number of amides is 1. The molecule has 1 unspecified atom stereocenters. The Balaban J connectivity index is 1.98. The second kappa shape index (κ2) is 9.14. The molecule has 1 atom stereocenters. The number of fused-ring (bicyclic) bond motifs is 1. The maximum Gasteiger partial charge on any atom is 0.341 e. The molecule has 2 heterocycles. The molecule has 178 valence electrons. The molecular formula is C22H17F4N3O5. The summed E-state index contributed by atoms with van der Waals surface area (Å²) in [6.07, 6.45) is 0.583. The molecule has 0 spiro atoms. The second-order valence-corrected chi connectivity index (χ2v) is 7.52. The lowest BCUT2D eigenvalue weighted by molar-refractivity contribution is -0.110. The summed E-state index contributed by atoms with van der Waals surface area (Å²) in [6.45, 7) is 0.228. The van der Waals surface area contributed by atoms with Gasteiger partial charge in [-0.2, -0.15) is 0 Å². The van der Waals surface area contributed by atoms with Crippen molar-refractivity contribution in [2.45, 2.75) is 6.10 Å². The predicted molar refractivity (Wildman–Crippen MR) is 112 cm³/mol. The lowest BCUT2D eigenvalue weighted by Gasteiger charge is -2.35. The van der Waals surface area contributed by atoms with Gasteiger partial charge in [-0.25, -0.2) is 22.4 Å². The number of morpholine rings is 1. The zero-order chi connectivity index (χ0) is 24.6. The minimum Gasteiger partial charge on any atom is -0.477 e. The van der Waals surface area contributed by atoms with Crippen LogP contribution in [-0.2, 0) is 9.53 Å². The van der Waals surface area contributed by atoms with E-state index in [4.69, 9.17) is 4.74 Å². The third kappa shape index (κ3) is 4.07. The highest BCUT2D eigenvalue weighted by Crippen LogP contribution is 2.33. The van der Waals surface area contributed by atoms with Crippen molar-refractivity contribution in [2.75, 3.05) is 31.1 Å². The van der Waals surface area contributed by atoms with Crippen LogP contribution in [0.25, 0.3) is 16.6 Å². The van der Waals surface area contributed by atoms with Crippen LogP contribution in [0.4, 0.5) is 23.2 Å². The first-order valence-electron chi connectivity index (χ1n) is 10.0. The highest BCUT2D eigenvalue weighted by Gasteiger charge is 2.29. The molecule has 1 fully saturated rings. The summed E-state index contributed by atoms with van der Waals surface area (Å²) in [6, 6.07) is 3.01. The number of carbonyl (C=O) groups excluding carboxylic acids is 1. The van der Waals surface area contributed by atoms with E-state index < -0.39 is 68.6 Å². The van der Waals surface area contributed by atoms with E-state index in [0.717, 1.165) is 16.7 Å². The number of rotatable bonds is 6. The number of pyridine rings is 1. The summed E-state index contributed by atoms with van der Waals surface area (Å²) in [5.41, 5.74) is -3.58. The van der Waals surface area contributed by atoms with Crippen LogP contribution < -0.4 is 15.6 Å². The van der Waals surface area contributed by atoms with Crippen molar-refractivity contribution in [3.63, 3.8) is 0 Å². The lowest BCUT2D eigenvalue weighted by Crippen LogP contribution is -2.47. The van der Waals surface area contributed by atoms with Crippen molar-refractivity contribution in [1.29, 1.82) is 0 Å². The van der Waals surface area contributed by atoms with Gasteiger partial charge in [-0.3, -0.25) is 9.59 Å². The fraction of sp³-hybridized carbons (Fsp3) is 0.227. The Bertz CT molecular complexity index is 1360. The van der Waals surface area contributed by atoms with E-state index in [2.05, 4.69) is 5.32 Å². The average Bonchev–Trinajstić information content (AvgIpc) is 2.79. The molecular weight excluding hydrogens is 462 g/mol. The van der Waals surface area contributed by atoms with Crippen molar-refractivity contribution in [3.05, 3.63) is 69.5 Å². The largest absolute Gasteiger partial charge is 0.477 e. The number of carboxylic acid groups (broad SMARTS) is 1. The number of ether oxygens (including phenoxy) is 1. The molecule has 1 amide bonds. The number of nitrogens with zero attached hydrogens (tertiary/aromatic N) is 2. The highest BCUT2D eigenvalue weighted by atomic mass is 19.1. The SMILES string of the molecule is O=CNCC1CN(c2c(F)cc3c(=O)c(C(=O)O)cn(-c4ccc(F)cc4F)c3c2F)CCO1. The zero-order valence-corrected chi connectivity index (χ0v) is 17.4. The Morgan fingerprint density at radius 3 is 2.65 bits per heavy atom. The maximum absolute atomic E-state index is 15.9. The summed E-state index contributed by atoms with van der Waals surface area (Å²) in [4.78, 5) is 36.2. The third-order valence-corrected chi connectivity index (χ3v) is 5.44. The Morgan fingerprint density at radius 2 is 1.97 bits per heavy atom. The molecule has 1 aliphatic rings. The van der Waals surface area contributed by atoms with Crippen molar-refractivity contribution in [1.82, 2.24) is 9.88 Å². The maximum atomic E-state index is 15.9. The van der Waals surface area contributed by atoms with E-state index in [9.17, 15) is 28.3 Å². The second-order valence-electron chi connectivity index (χ2n) is 7.52. The Kier molecular flexibility index (Phi) is 6.24. The third-order valence-electron chi connectivity index (χ3n) is 5.44. The lowest BCUT2D eigenvalue weighted by atomic mass is 10.1. The summed E-state index contributed by atoms with van der Waals surface area (Å²) in [7, 11) is 0. The van der Waals surface area contributed by atoms with Crippen molar-refractivity contribution in [3.8, 4) is 5.69 Å². The van der Waals surface area contributed by atoms with E-state index in [-0.39, 0.29) is 26.2 Å². The van der Waals surface area contributed by atoms with Crippen LogP contribution in [0, 0.1) is 23.3 Å². The minimum absolute atomic E-state index is 0.0114. The van der Waals surface area contributed by atoms with E-state index in [1.54, 1.807) is 0 Å². The molecule has 1 saturated heterocycles. The topological polar surface area (TPSA) is 101 Å². The van der Waals surface area contributed by atoms with Crippen LogP contribution >= 0.6 is 0 Å².